The lowest BCUT2D eigenvalue weighted by atomic mass is 10.0. The van der Waals surface area contributed by atoms with Crippen molar-refractivity contribution in [3.8, 4) is 0 Å². The summed E-state index contributed by atoms with van der Waals surface area (Å²) in [7, 11) is 3.24. The van der Waals surface area contributed by atoms with Crippen molar-refractivity contribution in [3.05, 3.63) is 35.4 Å². The highest BCUT2D eigenvalue weighted by Gasteiger charge is 2.35. The fourth-order valence-electron chi connectivity index (χ4n) is 2.60. The molecule has 0 bridgehead atoms. The van der Waals surface area contributed by atoms with E-state index in [1.54, 1.807) is 18.0 Å². The summed E-state index contributed by atoms with van der Waals surface area (Å²) in [6, 6.07) is 4.87. The van der Waals surface area contributed by atoms with Crippen LogP contribution in [0.3, 0.4) is 0 Å². The van der Waals surface area contributed by atoms with Gasteiger partial charge in [-0.15, -0.1) is 0 Å². The molecule has 0 spiro atoms. The monoisotopic (exact) mass is 319 g/mol. The minimum absolute atomic E-state index is 0.283. The number of methoxy groups -OCH3 is 1. The summed E-state index contributed by atoms with van der Waals surface area (Å²) in [5, 5.41) is 10.2. The Kier molecular flexibility index (Phi) is 5.44. The van der Waals surface area contributed by atoms with E-state index >= 15 is 0 Å². The molecule has 7 heteroatoms. The van der Waals surface area contributed by atoms with Crippen LogP contribution < -0.4 is 0 Å². The van der Waals surface area contributed by atoms with Crippen LogP contribution in [0.4, 0.5) is 13.2 Å². The van der Waals surface area contributed by atoms with Crippen molar-refractivity contribution in [2.45, 2.75) is 31.0 Å². The zero-order chi connectivity index (χ0) is 16.3. The van der Waals surface area contributed by atoms with Crippen LogP contribution in [0, 0.1) is 0 Å². The average Bonchev–Trinajstić information content (AvgIpc) is 2.46. The van der Waals surface area contributed by atoms with Gasteiger partial charge in [-0.1, -0.05) is 18.2 Å². The van der Waals surface area contributed by atoms with Gasteiger partial charge in [0.15, 0.2) is 0 Å². The molecule has 0 radical (unpaired) electrons. The third kappa shape index (κ3) is 3.98. The van der Waals surface area contributed by atoms with Gasteiger partial charge < -0.3 is 14.6 Å². The van der Waals surface area contributed by atoms with Gasteiger partial charge in [-0.2, -0.15) is 13.2 Å². The van der Waals surface area contributed by atoms with E-state index in [4.69, 9.17) is 9.47 Å². The second kappa shape index (κ2) is 6.95. The number of hydrogen-bond acceptors (Lipinski definition) is 4. The number of ether oxygens (including phenoxy) is 2. The molecule has 1 aromatic rings. The summed E-state index contributed by atoms with van der Waals surface area (Å²) in [6.07, 6.45) is -5.53. The summed E-state index contributed by atoms with van der Waals surface area (Å²) >= 11 is 0. The second-order valence-electron chi connectivity index (χ2n) is 5.48. The minimum atomic E-state index is -4.36. The van der Waals surface area contributed by atoms with Crippen molar-refractivity contribution in [3.63, 3.8) is 0 Å². The fourth-order valence-corrected chi connectivity index (χ4v) is 2.60. The number of halogens is 3. The number of hydrogen-bond donors (Lipinski definition) is 1. The molecule has 2 rings (SSSR count). The number of rotatable bonds is 4. The third-order valence-electron chi connectivity index (χ3n) is 3.90. The quantitative estimate of drug-likeness (QED) is 0.921. The number of aliphatic hydroxyl groups excluding tert-OH is 1. The molecule has 1 N–H and O–H groups in total. The summed E-state index contributed by atoms with van der Waals surface area (Å²) in [6.45, 7) is 0.910. The molecule has 1 aliphatic rings. The van der Waals surface area contributed by atoms with Crippen molar-refractivity contribution in [1.82, 2.24) is 4.90 Å². The lowest BCUT2D eigenvalue weighted by Gasteiger charge is -2.39. The van der Waals surface area contributed by atoms with Gasteiger partial charge >= 0.3 is 6.18 Å². The maximum absolute atomic E-state index is 12.7. The number of benzene rings is 1. The van der Waals surface area contributed by atoms with E-state index in [0.29, 0.717) is 18.8 Å². The summed E-state index contributed by atoms with van der Waals surface area (Å²) in [5.74, 6) is 0. The molecule has 0 saturated carbocycles. The van der Waals surface area contributed by atoms with Crippen molar-refractivity contribution in [2.75, 3.05) is 27.4 Å². The van der Waals surface area contributed by atoms with Gasteiger partial charge in [-0.25, -0.2) is 0 Å². The van der Waals surface area contributed by atoms with Gasteiger partial charge in [0.25, 0.3) is 0 Å². The summed E-state index contributed by atoms with van der Waals surface area (Å²) < 4.78 is 48.7. The van der Waals surface area contributed by atoms with Crippen LogP contribution in [0.5, 0.6) is 0 Å². The van der Waals surface area contributed by atoms with Gasteiger partial charge in [-0.05, 0) is 18.7 Å². The molecule has 0 aliphatic carbocycles. The largest absolute Gasteiger partial charge is 0.416 e. The van der Waals surface area contributed by atoms with E-state index < -0.39 is 23.9 Å². The summed E-state index contributed by atoms with van der Waals surface area (Å²) in [4.78, 5) is 1.78. The molecule has 0 aromatic heterocycles. The normalized spacial score (nSPS) is 26.4. The Balaban J connectivity index is 2.07. The highest BCUT2D eigenvalue weighted by molar-refractivity contribution is 5.25. The van der Waals surface area contributed by atoms with Crippen molar-refractivity contribution in [2.24, 2.45) is 0 Å². The predicted molar refractivity (Wildman–Crippen MR) is 74.3 cm³/mol. The van der Waals surface area contributed by atoms with E-state index in [-0.39, 0.29) is 12.6 Å². The van der Waals surface area contributed by atoms with E-state index in [0.717, 1.165) is 12.1 Å². The van der Waals surface area contributed by atoms with Crippen molar-refractivity contribution in [1.29, 1.82) is 0 Å². The van der Waals surface area contributed by atoms with E-state index in [2.05, 4.69) is 0 Å². The first-order valence-electron chi connectivity index (χ1n) is 6.98. The molecule has 3 atom stereocenters. The maximum atomic E-state index is 12.7. The molecule has 1 heterocycles. The highest BCUT2D eigenvalue weighted by atomic mass is 19.4. The van der Waals surface area contributed by atoms with Crippen LogP contribution >= 0.6 is 0 Å². The Bertz CT molecular complexity index is 495. The van der Waals surface area contributed by atoms with Crippen LogP contribution in [0.2, 0.25) is 0 Å². The molecule has 1 fully saturated rings. The van der Waals surface area contributed by atoms with E-state index in [1.807, 2.05) is 0 Å². The topological polar surface area (TPSA) is 41.9 Å². The van der Waals surface area contributed by atoms with Gasteiger partial charge in [0.05, 0.1) is 24.8 Å². The first kappa shape index (κ1) is 17.2. The smallest absolute Gasteiger partial charge is 0.389 e. The lowest BCUT2D eigenvalue weighted by Crippen LogP contribution is -2.55. The number of likely N-dealkylation sites (N-methyl/N-ethyl adjacent to an activating group) is 1. The second-order valence-corrected chi connectivity index (χ2v) is 5.48. The Hall–Kier alpha value is -1.15. The molecule has 1 aliphatic heterocycles. The molecule has 0 amide bonds. The molecule has 0 unspecified atom stereocenters. The Morgan fingerprint density at radius 1 is 1.36 bits per heavy atom. The Morgan fingerprint density at radius 3 is 2.73 bits per heavy atom. The SMILES string of the molecule is CO[C@@H]1COC[C@@H](N(C)Cc2cccc(C(F)(F)F)c2)[C@@H]1O. The molecule has 124 valence electrons. The van der Waals surface area contributed by atoms with Gasteiger partial charge in [0.1, 0.15) is 12.2 Å². The molecule has 1 saturated heterocycles. The van der Waals surface area contributed by atoms with Gasteiger partial charge in [0.2, 0.25) is 0 Å². The van der Waals surface area contributed by atoms with Gasteiger partial charge in [0, 0.05) is 13.7 Å². The van der Waals surface area contributed by atoms with Gasteiger partial charge in [-0.3, -0.25) is 4.90 Å². The summed E-state index contributed by atoms with van der Waals surface area (Å²) in [5.41, 5.74) is -0.141. The van der Waals surface area contributed by atoms with Crippen LogP contribution in [-0.4, -0.2) is 55.6 Å². The first-order valence-corrected chi connectivity index (χ1v) is 6.98. The Labute approximate surface area is 127 Å². The molecular weight excluding hydrogens is 299 g/mol. The van der Waals surface area contributed by atoms with E-state index in [9.17, 15) is 18.3 Å². The van der Waals surface area contributed by atoms with Crippen LogP contribution in [0.25, 0.3) is 0 Å². The third-order valence-corrected chi connectivity index (χ3v) is 3.90. The molecule has 4 nitrogen and oxygen atoms in total. The predicted octanol–water partition coefficient (Wildman–Crippen LogP) is 1.91. The highest BCUT2D eigenvalue weighted by Crippen LogP contribution is 2.30. The van der Waals surface area contributed by atoms with Crippen LogP contribution in [0.15, 0.2) is 24.3 Å². The standard InChI is InChI=1S/C15H20F3NO3/c1-19(12-8-22-9-13(21-2)14(12)20)7-10-4-3-5-11(6-10)15(16,17)18/h3-6,12-14,20H,7-9H2,1-2H3/t12-,13-,14+/m1/s1. The lowest BCUT2D eigenvalue weighted by molar-refractivity contribution is -0.142. The van der Waals surface area contributed by atoms with Crippen LogP contribution in [-0.2, 0) is 22.2 Å². The van der Waals surface area contributed by atoms with Crippen LogP contribution in [0.1, 0.15) is 11.1 Å². The maximum Gasteiger partial charge on any atom is 0.416 e. The van der Waals surface area contributed by atoms with Crippen molar-refractivity contribution < 1.29 is 27.8 Å². The Morgan fingerprint density at radius 2 is 2.09 bits per heavy atom. The zero-order valence-corrected chi connectivity index (χ0v) is 12.5. The number of aliphatic hydroxyl groups is 1. The minimum Gasteiger partial charge on any atom is -0.389 e. The fraction of sp³-hybridized carbons (Fsp3) is 0.600. The number of nitrogens with zero attached hydrogens (tertiary/aromatic N) is 1. The number of alkyl halides is 3. The zero-order valence-electron chi connectivity index (χ0n) is 12.5. The molecular formula is C15H20F3NO3. The molecule has 1 aromatic carbocycles. The first-order chi connectivity index (χ1) is 10.3. The van der Waals surface area contributed by atoms with E-state index in [1.165, 1.54) is 13.2 Å². The molecule has 22 heavy (non-hydrogen) atoms. The van der Waals surface area contributed by atoms with Crippen molar-refractivity contribution >= 4 is 0 Å². The average molecular weight is 319 g/mol.